The molecule has 3 atom stereocenters. The van der Waals surface area contributed by atoms with E-state index in [1.54, 1.807) is 17.9 Å². The lowest BCUT2D eigenvalue weighted by molar-refractivity contribution is -0.143. The Bertz CT molecular complexity index is 1160. The van der Waals surface area contributed by atoms with E-state index in [-0.39, 0.29) is 30.3 Å². The summed E-state index contributed by atoms with van der Waals surface area (Å²) in [6.45, 7) is 6.19. The van der Waals surface area contributed by atoms with Gasteiger partial charge in [0, 0.05) is 32.2 Å². The van der Waals surface area contributed by atoms with E-state index in [0.717, 1.165) is 18.7 Å². The molecule has 2 aromatic rings. The number of piperidine rings is 1. The molecule has 2 aromatic carbocycles. The van der Waals surface area contributed by atoms with Gasteiger partial charge in [0.1, 0.15) is 5.82 Å². The predicted molar refractivity (Wildman–Crippen MR) is 134 cm³/mol. The SMILES string of the molecule is Cc1cc(F)ccc1C1CC(N2CCOCC2)CCN1C(=O)NC[C@H](C)c1cc(C(F)(F)F)cc(C(F)(F)F)c1. The van der Waals surface area contributed by atoms with Gasteiger partial charge in [-0.25, -0.2) is 9.18 Å². The number of aryl methyl sites for hydroxylation is 1. The lowest BCUT2D eigenvalue weighted by Crippen LogP contribution is -2.53. The van der Waals surface area contributed by atoms with E-state index in [0.29, 0.717) is 50.3 Å². The van der Waals surface area contributed by atoms with Crippen molar-refractivity contribution in [1.29, 1.82) is 0 Å². The molecule has 5 nitrogen and oxygen atoms in total. The lowest BCUT2D eigenvalue weighted by Gasteiger charge is -2.45. The van der Waals surface area contributed by atoms with Crippen LogP contribution in [0, 0.1) is 12.7 Å². The monoisotopic (exact) mass is 575 g/mol. The summed E-state index contributed by atoms with van der Waals surface area (Å²) in [7, 11) is 0. The van der Waals surface area contributed by atoms with Crippen LogP contribution < -0.4 is 5.32 Å². The summed E-state index contributed by atoms with van der Waals surface area (Å²) in [5.74, 6) is -1.23. The second kappa shape index (κ2) is 11.9. The van der Waals surface area contributed by atoms with E-state index in [1.807, 2.05) is 0 Å². The molecule has 2 saturated heterocycles. The fraction of sp³-hybridized carbons (Fsp3) is 0.536. The molecule has 0 spiro atoms. The van der Waals surface area contributed by atoms with Crippen LogP contribution in [-0.4, -0.2) is 61.3 Å². The van der Waals surface area contributed by atoms with Crippen LogP contribution in [-0.2, 0) is 17.1 Å². The number of carbonyl (C=O) groups excluding carboxylic acids is 1. The molecule has 0 saturated carbocycles. The van der Waals surface area contributed by atoms with Crippen LogP contribution in [0.1, 0.15) is 59.5 Å². The number of nitrogens with zero attached hydrogens (tertiary/aromatic N) is 2. The first kappa shape index (κ1) is 30.1. The minimum atomic E-state index is -4.95. The number of hydrogen-bond acceptors (Lipinski definition) is 3. The van der Waals surface area contributed by atoms with Gasteiger partial charge in [0.15, 0.2) is 0 Å². The molecular formula is C28H32F7N3O2. The molecule has 0 aromatic heterocycles. The van der Waals surface area contributed by atoms with Crippen molar-refractivity contribution in [3.63, 3.8) is 0 Å². The zero-order valence-corrected chi connectivity index (χ0v) is 22.2. The highest BCUT2D eigenvalue weighted by molar-refractivity contribution is 5.75. The fourth-order valence-corrected chi connectivity index (χ4v) is 5.50. The maximum Gasteiger partial charge on any atom is 0.416 e. The zero-order chi connectivity index (χ0) is 29.2. The Morgan fingerprint density at radius 2 is 1.62 bits per heavy atom. The molecule has 1 N–H and O–H groups in total. The first-order chi connectivity index (χ1) is 18.7. The van der Waals surface area contributed by atoms with E-state index in [9.17, 15) is 35.5 Å². The molecule has 0 aliphatic carbocycles. The number of rotatable bonds is 5. The number of amides is 2. The van der Waals surface area contributed by atoms with Crippen molar-refractivity contribution in [2.24, 2.45) is 0 Å². The van der Waals surface area contributed by atoms with Crippen molar-refractivity contribution in [3.8, 4) is 0 Å². The summed E-state index contributed by atoms with van der Waals surface area (Å²) in [6, 6.07) is 5.15. The molecule has 40 heavy (non-hydrogen) atoms. The second-order valence-corrected chi connectivity index (χ2v) is 10.5. The third kappa shape index (κ3) is 7.06. The standard InChI is InChI=1S/C28H32F7N3O2/c1-17-11-22(29)3-4-24(17)25-15-23(37-7-9-40-10-8-37)5-6-38(25)26(39)36-16-18(2)19-12-20(27(30,31)32)14-21(13-19)28(33,34)35/h3-4,11-14,18,23,25H,5-10,15-16H2,1-2H3,(H,36,39)/t18-,23?,25?/m0/s1. The molecule has 12 heteroatoms. The molecule has 2 heterocycles. The predicted octanol–water partition coefficient (Wildman–Crippen LogP) is 6.52. The van der Waals surface area contributed by atoms with Crippen LogP contribution in [0.5, 0.6) is 0 Å². The van der Waals surface area contributed by atoms with Crippen molar-refractivity contribution < 1.29 is 40.3 Å². The van der Waals surface area contributed by atoms with Crippen molar-refractivity contribution in [1.82, 2.24) is 15.1 Å². The largest absolute Gasteiger partial charge is 0.416 e. The Labute approximate surface area is 228 Å². The van der Waals surface area contributed by atoms with Gasteiger partial charge in [-0.3, -0.25) is 4.90 Å². The van der Waals surface area contributed by atoms with E-state index in [4.69, 9.17) is 4.74 Å². The molecule has 2 aliphatic heterocycles. The number of ether oxygens (including phenoxy) is 1. The van der Waals surface area contributed by atoms with Gasteiger partial charge in [-0.15, -0.1) is 0 Å². The number of morpholine rings is 1. The average Bonchev–Trinajstić information content (AvgIpc) is 2.90. The summed E-state index contributed by atoms with van der Waals surface area (Å²) in [5.41, 5.74) is -1.50. The number of nitrogens with one attached hydrogen (secondary N) is 1. The molecule has 2 aliphatic rings. The molecule has 2 amide bonds. The highest BCUT2D eigenvalue weighted by Gasteiger charge is 2.38. The van der Waals surface area contributed by atoms with Crippen LogP contribution >= 0.6 is 0 Å². The van der Waals surface area contributed by atoms with E-state index in [1.165, 1.54) is 19.1 Å². The van der Waals surface area contributed by atoms with Gasteiger partial charge in [-0.1, -0.05) is 13.0 Å². The van der Waals surface area contributed by atoms with Crippen LogP contribution in [0.25, 0.3) is 0 Å². The maximum absolute atomic E-state index is 13.9. The minimum absolute atomic E-state index is 0.0863. The van der Waals surface area contributed by atoms with Crippen molar-refractivity contribution >= 4 is 6.03 Å². The van der Waals surface area contributed by atoms with Crippen LogP contribution in [0.3, 0.4) is 0 Å². The number of halogens is 7. The summed E-state index contributed by atoms with van der Waals surface area (Å²) in [6.07, 6.45) is -8.63. The molecule has 2 unspecified atom stereocenters. The first-order valence-electron chi connectivity index (χ1n) is 13.2. The molecular weight excluding hydrogens is 543 g/mol. The lowest BCUT2D eigenvalue weighted by atomic mass is 9.88. The Hall–Kier alpha value is -2.86. The highest BCUT2D eigenvalue weighted by Crippen LogP contribution is 2.38. The normalized spacial score (nSPS) is 21.8. The summed E-state index contributed by atoms with van der Waals surface area (Å²) >= 11 is 0. The summed E-state index contributed by atoms with van der Waals surface area (Å²) < 4.78 is 99.2. The summed E-state index contributed by atoms with van der Waals surface area (Å²) in [4.78, 5) is 17.3. The van der Waals surface area contributed by atoms with E-state index >= 15 is 0 Å². The van der Waals surface area contributed by atoms with Gasteiger partial charge in [-0.05, 0) is 72.7 Å². The smallest absolute Gasteiger partial charge is 0.379 e. The third-order valence-corrected chi connectivity index (χ3v) is 7.73. The molecule has 0 bridgehead atoms. The number of benzene rings is 2. The average molecular weight is 576 g/mol. The Morgan fingerprint density at radius 3 is 2.20 bits per heavy atom. The Balaban J connectivity index is 1.52. The van der Waals surface area contributed by atoms with Crippen molar-refractivity contribution in [3.05, 3.63) is 70.0 Å². The number of alkyl halides is 6. The Morgan fingerprint density at radius 1 is 1.00 bits per heavy atom. The topological polar surface area (TPSA) is 44.8 Å². The Kier molecular flexibility index (Phi) is 8.99. The van der Waals surface area contributed by atoms with Crippen molar-refractivity contribution in [2.45, 2.75) is 57.0 Å². The highest BCUT2D eigenvalue weighted by atomic mass is 19.4. The number of hydrogen-bond donors (Lipinski definition) is 1. The third-order valence-electron chi connectivity index (χ3n) is 7.73. The molecule has 4 rings (SSSR count). The number of carbonyl (C=O) groups is 1. The van der Waals surface area contributed by atoms with Crippen LogP contribution in [0.15, 0.2) is 36.4 Å². The van der Waals surface area contributed by atoms with Crippen LogP contribution in [0.4, 0.5) is 35.5 Å². The molecule has 220 valence electrons. The van der Waals surface area contributed by atoms with Gasteiger partial charge in [-0.2, -0.15) is 26.3 Å². The number of urea groups is 1. The molecule has 0 radical (unpaired) electrons. The van der Waals surface area contributed by atoms with E-state index in [2.05, 4.69) is 10.2 Å². The quantitative estimate of drug-likeness (QED) is 0.413. The van der Waals surface area contributed by atoms with Crippen LogP contribution in [0.2, 0.25) is 0 Å². The van der Waals surface area contributed by atoms with Crippen molar-refractivity contribution in [2.75, 3.05) is 39.4 Å². The van der Waals surface area contributed by atoms with Gasteiger partial charge in [0.05, 0.1) is 30.4 Å². The minimum Gasteiger partial charge on any atom is -0.379 e. The van der Waals surface area contributed by atoms with Gasteiger partial charge < -0.3 is 15.0 Å². The number of likely N-dealkylation sites (tertiary alicyclic amines) is 1. The van der Waals surface area contributed by atoms with E-state index < -0.39 is 41.2 Å². The van der Waals surface area contributed by atoms with Gasteiger partial charge in [0.25, 0.3) is 0 Å². The fourth-order valence-electron chi connectivity index (χ4n) is 5.50. The van der Waals surface area contributed by atoms with Gasteiger partial charge >= 0.3 is 18.4 Å². The summed E-state index contributed by atoms with van der Waals surface area (Å²) in [5, 5.41) is 2.71. The maximum atomic E-state index is 13.9. The second-order valence-electron chi connectivity index (χ2n) is 10.5. The zero-order valence-electron chi connectivity index (χ0n) is 22.2. The first-order valence-corrected chi connectivity index (χ1v) is 13.2. The molecule has 2 fully saturated rings. The van der Waals surface area contributed by atoms with Gasteiger partial charge in [0.2, 0.25) is 0 Å².